The Labute approximate surface area is 213 Å². The lowest BCUT2D eigenvalue weighted by molar-refractivity contribution is 0.559. The molecule has 1 fully saturated rings. The van der Waals surface area contributed by atoms with Crippen LogP contribution in [0.25, 0.3) is 11.3 Å². The molecule has 0 atom stereocenters. The Balaban J connectivity index is 1.48. The van der Waals surface area contributed by atoms with E-state index in [-0.39, 0.29) is 34.6 Å². The van der Waals surface area contributed by atoms with E-state index in [0.717, 1.165) is 18.3 Å². The number of nitrogens with zero attached hydrogens (tertiary/aromatic N) is 5. The van der Waals surface area contributed by atoms with Crippen molar-refractivity contribution < 1.29 is 17.6 Å². The largest absolute Gasteiger partial charge is 0.369 e. The van der Waals surface area contributed by atoms with E-state index in [1.54, 1.807) is 11.0 Å². The first-order chi connectivity index (χ1) is 17.7. The molecule has 0 saturated carbocycles. The summed E-state index contributed by atoms with van der Waals surface area (Å²) < 4.78 is 59.8. The van der Waals surface area contributed by atoms with Crippen molar-refractivity contribution >= 4 is 28.7 Å². The van der Waals surface area contributed by atoms with Crippen molar-refractivity contribution in [1.82, 2.24) is 15.3 Å². The number of benzene rings is 2. The predicted octanol–water partition coefficient (Wildman–Crippen LogP) is 4.52. The van der Waals surface area contributed by atoms with E-state index in [4.69, 9.17) is 0 Å². The van der Waals surface area contributed by atoms with Gasteiger partial charge >= 0.3 is 0 Å². The number of likely N-dealkylation sites (N-methyl/N-ethyl adjacent to an activating group) is 1. The minimum atomic E-state index is -0.758. The Morgan fingerprint density at radius 3 is 2.35 bits per heavy atom. The van der Waals surface area contributed by atoms with E-state index in [0.29, 0.717) is 50.6 Å². The highest BCUT2D eigenvalue weighted by Crippen LogP contribution is 2.40. The number of rotatable bonds is 5. The maximum absolute atomic E-state index is 15.2. The Hall–Kier alpha value is -3.60. The molecule has 0 amide bonds. The molecule has 1 saturated heterocycles. The summed E-state index contributed by atoms with van der Waals surface area (Å²) in [5, 5.41) is 5.81. The first kappa shape index (κ1) is 25.1. The minimum Gasteiger partial charge on any atom is -0.369 e. The molecule has 5 rings (SSSR count). The zero-order valence-electron chi connectivity index (χ0n) is 21.0. The molecule has 2 N–H and O–H groups in total. The second-order valence-corrected chi connectivity index (χ2v) is 9.57. The SMILES string of the molecule is CC(C)N1CCN(C)c2c(F)cc(-c3nc(Nc4cc(F)c(N5CCNCC5)cc4F)ncc3F)cc21. The summed E-state index contributed by atoms with van der Waals surface area (Å²) in [5.74, 6) is -2.68. The molecule has 0 unspecified atom stereocenters. The zero-order chi connectivity index (χ0) is 26.3. The van der Waals surface area contributed by atoms with Gasteiger partial charge in [0.1, 0.15) is 23.1 Å². The summed E-state index contributed by atoms with van der Waals surface area (Å²) in [4.78, 5) is 13.7. The lowest BCUT2D eigenvalue weighted by atomic mass is 10.0. The van der Waals surface area contributed by atoms with Crippen molar-refractivity contribution in [1.29, 1.82) is 0 Å². The van der Waals surface area contributed by atoms with Gasteiger partial charge in [0.15, 0.2) is 5.82 Å². The summed E-state index contributed by atoms with van der Waals surface area (Å²) >= 11 is 0. The Bertz CT molecular complexity index is 1310. The van der Waals surface area contributed by atoms with Gasteiger partial charge < -0.3 is 25.3 Å². The van der Waals surface area contributed by atoms with Crippen LogP contribution in [0.4, 0.5) is 46.3 Å². The Morgan fingerprint density at radius 2 is 1.62 bits per heavy atom. The Kier molecular flexibility index (Phi) is 6.80. The number of nitrogens with one attached hydrogen (secondary N) is 2. The fourth-order valence-electron chi connectivity index (χ4n) is 4.87. The van der Waals surface area contributed by atoms with Crippen molar-refractivity contribution in [2.24, 2.45) is 0 Å². The van der Waals surface area contributed by atoms with Gasteiger partial charge in [-0.2, -0.15) is 0 Å². The van der Waals surface area contributed by atoms with Crippen LogP contribution < -0.4 is 25.3 Å². The quantitative estimate of drug-likeness (QED) is 0.485. The molecule has 11 heteroatoms. The molecule has 3 heterocycles. The van der Waals surface area contributed by atoms with Gasteiger partial charge in [0.05, 0.1) is 28.9 Å². The Morgan fingerprint density at radius 1 is 0.865 bits per heavy atom. The highest BCUT2D eigenvalue weighted by molar-refractivity contribution is 5.80. The fraction of sp³-hybridized carbons (Fsp3) is 0.385. The van der Waals surface area contributed by atoms with Crippen LogP contribution in [0.3, 0.4) is 0 Å². The van der Waals surface area contributed by atoms with Crippen LogP contribution in [0, 0.1) is 23.3 Å². The van der Waals surface area contributed by atoms with Crippen LogP contribution in [0.5, 0.6) is 0 Å². The number of anilines is 5. The molecule has 2 aliphatic rings. The third-order valence-electron chi connectivity index (χ3n) is 6.79. The van der Waals surface area contributed by atoms with Crippen LogP contribution in [0.2, 0.25) is 0 Å². The maximum atomic E-state index is 15.2. The molecular formula is C26H29F4N7. The zero-order valence-corrected chi connectivity index (χ0v) is 21.0. The number of hydrogen-bond donors (Lipinski definition) is 2. The number of aromatic nitrogens is 2. The maximum Gasteiger partial charge on any atom is 0.228 e. The standard InChI is InChI=1S/C26H29F4N7/c1-15(2)37-9-8-35(3)25-19(29)10-16(11-23(25)37)24-20(30)14-32-26(34-24)33-21-12-18(28)22(13-17(21)27)36-6-4-31-5-7-36/h10-15,31H,4-9H2,1-3H3,(H,32,33,34). The first-order valence-corrected chi connectivity index (χ1v) is 12.3. The molecule has 37 heavy (non-hydrogen) atoms. The van der Waals surface area contributed by atoms with Crippen LogP contribution in [0.1, 0.15) is 13.8 Å². The number of hydrogen-bond acceptors (Lipinski definition) is 7. The van der Waals surface area contributed by atoms with Crippen LogP contribution in [0.15, 0.2) is 30.5 Å². The topological polar surface area (TPSA) is 59.6 Å². The molecule has 1 aromatic heterocycles. The van der Waals surface area contributed by atoms with Crippen molar-refractivity contribution in [2.45, 2.75) is 19.9 Å². The van der Waals surface area contributed by atoms with E-state index in [9.17, 15) is 13.2 Å². The third kappa shape index (κ3) is 4.87. The minimum absolute atomic E-state index is 0.108. The second kappa shape index (κ2) is 10.0. The molecule has 0 bridgehead atoms. The number of halogens is 4. The van der Waals surface area contributed by atoms with Gasteiger partial charge in [-0.15, -0.1) is 0 Å². The molecule has 196 valence electrons. The third-order valence-corrected chi connectivity index (χ3v) is 6.79. The van der Waals surface area contributed by atoms with E-state index in [1.165, 1.54) is 6.07 Å². The first-order valence-electron chi connectivity index (χ1n) is 12.3. The molecule has 3 aromatic rings. The summed E-state index contributed by atoms with van der Waals surface area (Å²) in [6.45, 7) is 7.86. The van der Waals surface area contributed by atoms with E-state index in [2.05, 4.69) is 25.5 Å². The van der Waals surface area contributed by atoms with Crippen molar-refractivity contribution in [3.05, 3.63) is 53.7 Å². The van der Waals surface area contributed by atoms with Crippen molar-refractivity contribution in [2.75, 3.05) is 66.3 Å². The monoisotopic (exact) mass is 515 g/mol. The summed E-state index contributed by atoms with van der Waals surface area (Å²) in [6.07, 6.45) is 0.928. The molecule has 2 aromatic carbocycles. The van der Waals surface area contributed by atoms with E-state index < -0.39 is 23.3 Å². The molecule has 2 aliphatic heterocycles. The number of fused-ring (bicyclic) bond motifs is 1. The summed E-state index contributed by atoms with van der Waals surface area (Å²) in [7, 11) is 1.81. The smallest absolute Gasteiger partial charge is 0.228 e. The molecular weight excluding hydrogens is 486 g/mol. The average Bonchev–Trinajstić information content (AvgIpc) is 2.87. The van der Waals surface area contributed by atoms with Gasteiger partial charge in [0, 0.05) is 70.1 Å². The molecule has 0 radical (unpaired) electrons. The normalized spacial score (nSPS) is 15.8. The van der Waals surface area contributed by atoms with Gasteiger partial charge in [0.2, 0.25) is 5.95 Å². The highest BCUT2D eigenvalue weighted by Gasteiger charge is 2.27. The average molecular weight is 516 g/mol. The lowest BCUT2D eigenvalue weighted by Crippen LogP contribution is -2.43. The van der Waals surface area contributed by atoms with Gasteiger partial charge in [0.25, 0.3) is 0 Å². The molecule has 0 spiro atoms. The van der Waals surface area contributed by atoms with E-state index >= 15 is 4.39 Å². The van der Waals surface area contributed by atoms with Gasteiger partial charge in [-0.1, -0.05) is 0 Å². The lowest BCUT2D eigenvalue weighted by Gasteiger charge is -2.39. The van der Waals surface area contributed by atoms with E-state index in [1.807, 2.05) is 25.8 Å². The van der Waals surface area contributed by atoms with Gasteiger partial charge in [-0.25, -0.2) is 27.5 Å². The fourth-order valence-corrected chi connectivity index (χ4v) is 4.87. The summed E-state index contributed by atoms with van der Waals surface area (Å²) in [6, 6.07) is 5.21. The van der Waals surface area contributed by atoms with Gasteiger partial charge in [-0.05, 0) is 26.0 Å². The predicted molar refractivity (Wildman–Crippen MR) is 138 cm³/mol. The van der Waals surface area contributed by atoms with Crippen molar-refractivity contribution in [3.8, 4) is 11.3 Å². The van der Waals surface area contributed by atoms with Crippen LogP contribution in [-0.2, 0) is 0 Å². The number of piperazine rings is 1. The highest BCUT2D eigenvalue weighted by atomic mass is 19.1. The van der Waals surface area contributed by atoms with Crippen LogP contribution >= 0.6 is 0 Å². The van der Waals surface area contributed by atoms with Gasteiger partial charge in [-0.3, -0.25) is 0 Å². The van der Waals surface area contributed by atoms with Crippen LogP contribution in [-0.4, -0.2) is 62.3 Å². The van der Waals surface area contributed by atoms with Crippen molar-refractivity contribution in [3.63, 3.8) is 0 Å². The second-order valence-electron chi connectivity index (χ2n) is 9.57. The molecule has 7 nitrogen and oxygen atoms in total. The molecule has 0 aliphatic carbocycles. The summed E-state index contributed by atoms with van der Waals surface area (Å²) in [5.41, 5.74) is 1.16.